The van der Waals surface area contributed by atoms with Gasteiger partial charge in [-0.25, -0.2) is 8.42 Å². The normalized spacial score (nSPS) is 12.3. The molecular weight excluding hydrogens is 486 g/mol. The summed E-state index contributed by atoms with van der Waals surface area (Å²) in [5.41, 5.74) is 2.96. The third-order valence-electron chi connectivity index (χ3n) is 5.79. The Bertz CT molecular complexity index is 1150. The quantitative estimate of drug-likeness (QED) is 0.477. The lowest BCUT2D eigenvalue weighted by molar-refractivity contribution is -0.140. The number of benzene rings is 2. The van der Waals surface area contributed by atoms with Gasteiger partial charge >= 0.3 is 0 Å². The predicted octanol–water partition coefficient (Wildman–Crippen LogP) is 4.30. The third-order valence-corrected chi connectivity index (χ3v) is 7.34. The summed E-state index contributed by atoms with van der Waals surface area (Å²) in [6.07, 6.45) is 1.43. The van der Waals surface area contributed by atoms with Crippen LogP contribution in [0.25, 0.3) is 0 Å². The first-order valence-corrected chi connectivity index (χ1v) is 13.9. The SMILES string of the molecule is CC[C@H](C(=O)NCC(C)C)N(Cc1ccccc1C)C(=O)CN(c1ccc(C)c(Cl)c1)S(C)(=O)=O. The van der Waals surface area contributed by atoms with Gasteiger partial charge in [-0.15, -0.1) is 0 Å². The maximum absolute atomic E-state index is 13.7. The fourth-order valence-electron chi connectivity index (χ4n) is 3.66. The van der Waals surface area contributed by atoms with Crippen LogP contribution in [-0.2, 0) is 26.2 Å². The van der Waals surface area contributed by atoms with Crippen LogP contribution in [0.15, 0.2) is 42.5 Å². The minimum absolute atomic E-state index is 0.186. The van der Waals surface area contributed by atoms with Crippen molar-refractivity contribution in [2.75, 3.05) is 23.7 Å². The van der Waals surface area contributed by atoms with Crippen LogP contribution in [0.2, 0.25) is 5.02 Å². The van der Waals surface area contributed by atoms with E-state index < -0.39 is 28.5 Å². The van der Waals surface area contributed by atoms with Crippen molar-refractivity contribution in [3.8, 4) is 0 Å². The summed E-state index contributed by atoms with van der Waals surface area (Å²) in [4.78, 5) is 28.2. The Morgan fingerprint density at radius 3 is 2.26 bits per heavy atom. The molecule has 0 saturated heterocycles. The number of hydrogen-bond donors (Lipinski definition) is 1. The molecular formula is C26H36ClN3O4S. The lowest BCUT2D eigenvalue weighted by Crippen LogP contribution is -2.52. The molecule has 0 fully saturated rings. The van der Waals surface area contributed by atoms with Crippen LogP contribution in [0.3, 0.4) is 0 Å². The molecule has 35 heavy (non-hydrogen) atoms. The minimum Gasteiger partial charge on any atom is -0.354 e. The highest BCUT2D eigenvalue weighted by molar-refractivity contribution is 7.92. The van der Waals surface area contributed by atoms with Crippen molar-refractivity contribution >= 4 is 39.1 Å². The van der Waals surface area contributed by atoms with E-state index in [2.05, 4.69) is 5.32 Å². The number of nitrogens with one attached hydrogen (secondary N) is 1. The van der Waals surface area contributed by atoms with E-state index in [1.807, 2.05) is 58.9 Å². The molecule has 0 unspecified atom stereocenters. The molecule has 2 amide bonds. The number of rotatable bonds is 11. The van der Waals surface area contributed by atoms with Crippen LogP contribution < -0.4 is 9.62 Å². The molecule has 0 saturated carbocycles. The Labute approximate surface area is 214 Å². The summed E-state index contributed by atoms with van der Waals surface area (Å²) in [6, 6.07) is 11.7. The van der Waals surface area contributed by atoms with Crippen LogP contribution in [-0.4, -0.2) is 50.5 Å². The molecule has 0 heterocycles. The fourth-order valence-corrected chi connectivity index (χ4v) is 4.68. The summed E-state index contributed by atoms with van der Waals surface area (Å²) in [5.74, 6) is -0.474. The summed E-state index contributed by atoms with van der Waals surface area (Å²) in [7, 11) is -3.80. The predicted molar refractivity (Wildman–Crippen MR) is 142 cm³/mol. The molecule has 2 aromatic carbocycles. The average Bonchev–Trinajstić information content (AvgIpc) is 2.78. The van der Waals surface area contributed by atoms with Crippen LogP contribution in [0, 0.1) is 19.8 Å². The first kappa shape index (κ1) is 28.7. The molecule has 0 aliphatic rings. The number of amides is 2. The van der Waals surface area contributed by atoms with E-state index in [4.69, 9.17) is 11.6 Å². The number of aryl methyl sites for hydroxylation is 2. The largest absolute Gasteiger partial charge is 0.354 e. The smallest absolute Gasteiger partial charge is 0.244 e. The molecule has 9 heteroatoms. The number of carbonyl (C=O) groups is 2. The number of anilines is 1. The van der Waals surface area contributed by atoms with Crippen molar-refractivity contribution in [3.63, 3.8) is 0 Å². The lowest BCUT2D eigenvalue weighted by atomic mass is 10.1. The monoisotopic (exact) mass is 521 g/mol. The Morgan fingerprint density at radius 1 is 1.06 bits per heavy atom. The number of halogens is 1. The second-order valence-electron chi connectivity index (χ2n) is 9.21. The number of sulfonamides is 1. The van der Waals surface area contributed by atoms with E-state index in [1.165, 1.54) is 11.0 Å². The zero-order valence-corrected chi connectivity index (χ0v) is 22.9. The van der Waals surface area contributed by atoms with Gasteiger partial charge < -0.3 is 10.2 Å². The molecule has 0 radical (unpaired) electrons. The van der Waals surface area contributed by atoms with Crippen molar-refractivity contribution in [2.45, 2.75) is 53.6 Å². The van der Waals surface area contributed by atoms with E-state index >= 15 is 0 Å². The van der Waals surface area contributed by atoms with Crippen LogP contribution in [0.1, 0.15) is 43.9 Å². The van der Waals surface area contributed by atoms with Crippen molar-refractivity contribution in [2.24, 2.45) is 5.92 Å². The second-order valence-corrected chi connectivity index (χ2v) is 11.5. The molecule has 0 spiro atoms. The van der Waals surface area contributed by atoms with E-state index in [9.17, 15) is 18.0 Å². The number of hydrogen-bond acceptors (Lipinski definition) is 4. The van der Waals surface area contributed by atoms with E-state index in [1.54, 1.807) is 12.1 Å². The first-order chi connectivity index (χ1) is 16.3. The summed E-state index contributed by atoms with van der Waals surface area (Å²) >= 11 is 6.24. The van der Waals surface area contributed by atoms with Crippen molar-refractivity contribution in [3.05, 3.63) is 64.2 Å². The number of nitrogens with zero attached hydrogens (tertiary/aromatic N) is 2. The van der Waals surface area contributed by atoms with E-state index in [0.29, 0.717) is 23.7 Å². The molecule has 1 N–H and O–H groups in total. The number of carbonyl (C=O) groups excluding carboxylic acids is 2. The highest BCUT2D eigenvalue weighted by Crippen LogP contribution is 2.25. The Kier molecular flexibility index (Phi) is 10.2. The molecule has 0 aliphatic heterocycles. The van der Waals surface area contributed by atoms with Gasteiger partial charge in [-0.2, -0.15) is 0 Å². The van der Waals surface area contributed by atoms with Gasteiger partial charge in [0.15, 0.2) is 0 Å². The maximum Gasteiger partial charge on any atom is 0.244 e. The van der Waals surface area contributed by atoms with Gasteiger partial charge in [0.2, 0.25) is 21.8 Å². The molecule has 1 atom stereocenters. The van der Waals surface area contributed by atoms with Gasteiger partial charge in [0.25, 0.3) is 0 Å². The Hall–Kier alpha value is -2.58. The molecule has 0 bridgehead atoms. The maximum atomic E-state index is 13.7. The van der Waals surface area contributed by atoms with Crippen LogP contribution in [0.5, 0.6) is 0 Å². The molecule has 0 aromatic heterocycles. The molecule has 0 aliphatic carbocycles. The minimum atomic E-state index is -3.80. The lowest BCUT2D eigenvalue weighted by Gasteiger charge is -2.33. The zero-order chi connectivity index (χ0) is 26.3. The fraction of sp³-hybridized carbons (Fsp3) is 0.462. The summed E-state index contributed by atoms with van der Waals surface area (Å²) in [6.45, 7) is 9.80. The van der Waals surface area contributed by atoms with Gasteiger partial charge in [0.05, 0.1) is 11.9 Å². The first-order valence-electron chi connectivity index (χ1n) is 11.7. The second kappa shape index (κ2) is 12.4. The standard InChI is InChI=1S/C26H36ClN3O4S/c1-7-24(26(32)28-15-18(2)3)29(16-21-11-9-8-10-19(21)4)25(31)17-30(35(6,33)34)22-13-12-20(5)23(27)14-22/h8-14,18,24H,7,15-17H2,1-6H3,(H,28,32)/t24-/m1/s1. The third kappa shape index (κ3) is 7.97. The Balaban J connectivity index is 2.45. The van der Waals surface area contributed by atoms with Gasteiger partial charge in [0, 0.05) is 18.1 Å². The van der Waals surface area contributed by atoms with E-state index in [0.717, 1.165) is 27.3 Å². The van der Waals surface area contributed by atoms with Gasteiger partial charge in [-0.3, -0.25) is 13.9 Å². The van der Waals surface area contributed by atoms with Crippen molar-refractivity contribution < 1.29 is 18.0 Å². The van der Waals surface area contributed by atoms with Gasteiger partial charge in [-0.1, -0.05) is 62.7 Å². The molecule has 192 valence electrons. The highest BCUT2D eigenvalue weighted by Gasteiger charge is 2.32. The van der Waals surface area contributed by atoms with Crippen LogP contribution in [0.4, 0.5) is 5.69 Å². The average molecular weight is 522 g/mol. The summed E-state index contributed by atoms with van der Waals surface area (Å²) < 4.78 is 26.4. The van der Waals surface area contributed by atoms with Crippen molar-refractivity contribution in [1.29, 1.82) is 0 Å². The van der Waals surface area contributed by atoms with Gasteiger partial charge in [-0.05, 0) is 55.0 Å². The molecule has 7 nitrogen and oxygen atoms in total. The molecule has 2 rings (SSSR count). The Morgan fingerprint density at radius 2 is 1.71 bits per heavy atom. The van der Waals surface area contributed by atoms with Gasteiger partial charge in [0.1, 0.15) is 12.6 Å². The van der Waals surface area contributed by atoms with Crippen LogP contribution >= 0.6 is 11.6 Å². The topological polar surface area (TPSA) is 86.8 Å². The molecule has 2 aromatic rings. The highest BCUT2D eigenvalue weighted by atomic mass is 35.5. The summed E-state index contributed by atoms with van der Waals surface area (Å²) in [5, 5.41) is 3.32. The van der Waals surface area contributed by atoms with Crippen molar-refractivity contribution in [1.82, 2.24) is 10.2 Å². The zero-order valence-electron chi connectivity index (χ0n) is 21.3. The van der Waals surface area contributed by atoms with E-state index in [-0.39, 0.29) is 18.4 Å².